The van der Waals surface area contributed by atoms with Crippen LogP contribution in [0.15, 0.2) is 12.1 Å². The van der Waals surface area contributed by atoms with E-state index >= 15 is 0 Å². The monoisotopic (exact) mass is 279 g/mol. The summed E-state index contributed by atoms with van der Waals surface area (Å²) in [7, 11) is 1.66. The van der Waals surface area contributed by atoms with E-state index in [1.807, 2.05) is 0 Å². The Morgan fingerprint density at radius 3 is 2.55 bits per heavy atom. The zero-order valence-electron chi connectivity index (χ0n) is 12.0. The Morgan fingerprint density at radius 2 is 1.95 bits per heavy atom. The summed E-state index contributed by atoms with van der Waals surface area (Å²) in [5.41, 5.74) is 6.66. The van der Waals surface area contributed by atoms with Crippen LogP contribution in [0.2, 0.25) is 0 Å². The molecule has 1 fully saturated rings. The summed E-state index contributed by atoms with van der Waals surface area (Å²) in [6.45, 7) is 2.22. The summed E-state index contributed by atoms with van der Waals surface area (Å²) in [5, 5.41) is 5.70. The maximum absolute atomic E-state index is 13.9. The average molecular weight is 279 g/mol. The summed E-state index contributed by atoms with van der Waals surface area (Å²) in [6.07, 6.45) is 4.12. The number of nitrogens with two attached hydrogens (primary N) is 1. The van der Waals surface area contributed by atoms with Gasteiger partial charge in [0, 0.05) is 13.1 Å². The molecule has 110 valence electrons. The van der Waals surface area contributed by atoms with Crippen LogP contribution < -0.4 is 16.4 Å². The minimum absolute atomic E-state index is 0.0140. The zero-order valence-corrected chi connectivity index (χ0v) is 12.0. The molecule has 1 aliphatic carbocycles. The first-order valence-electron chi connectivity index (χ1n) is 7.09. The van der Waals surface area contributed by atoms with Gasteiger partial charge in [0.25, 0.3) is 5.91 Å². The Labute approximate surface area is 118 Å². The minimum Gasteiger partial charge on any atom is -0.397 e. The fourth-order valence-electron chi connectivity index (χ4n) is 2.65. The number of nitrogens with one attached hydrogen (secondary N) is 2. The smallest absolute Gasteiger partial charge is 0.254 e. The maximum atomic E-state index is 13.9. The molecule has 1 amide bonds. The van der Waals surface area contributed by atoms with E-state index in [-0.39, 0.29) is 17.5 Å². The molecule has 20 heavy (non-hydrogen) atoms. The highest BCUT2D eigenvalue weighted by molar-refractivity contribution is 5.96. The van der Waals surface area contributed by atoms with Crippen LogP contribution in [0.1, 0.15) is 43.0 Å². The van der Waals surface area contributed by atoms with Crippen LogP contribution in [0, 0.1) is 11.7 Å². The van der Waals surface area contributed by atoms with Crippen molar-refractivity contribution < 1.29 is 9.18 Å². The highest BCUT2D eigenvalue weighted by Gasteiger charge is 2.22. The van der Waals surface area contributed by atoms with Crippen molar-refractivity contribution >= 4 is 17.3 Å². The van der Waals surface area contributed by atoms with Gasteiger partial charge in [0.1, 0.15) is 5.82 Å². The first-order valence-corrected chi connectivity index (χ1v) is 7.09. The van der Waals surface area contributed by atoms with E-state index < -0.39 is 5.82 Å². The van der Waals surface area contributed by atoms with Gasteiger partial charge in [-0.15, -0.1) is 0 Å². The van der Waals surface area contributed by atoms with Crippen molar-refractivity contribution in [2.45, 2.75) is 38.6 Å². The lowest BCUT2D eigenvalue weighted by atomic mass is 9.87. The largest absolute Gasteiger partial charge is 0.397 e. The molecule has 0 unspecified atom stereocenters. The molecule has 0 spiro atoms. The standard InChI is InChI=1S/C15H22FN3O/c1-9-3-5-10(6-4-9)19-15(20)11-7-13(17)14(18-2)8-12(11)16/h7-10,18H,3-6,17H2,1-2H3,(H,19,20). The number of anilines is 2. The molecule has 1 aromatic rings. The van der Waals surface area contributed by atoms with Gasteiger partial charge in [-0.05, 0) is 43.7 Å². The van der Waals surface area contributed by atoms with Gasteiger partial charge in [-0.1, -0.05) is 6.92 Å². The molecule has 0 radical (unpaired) electrons. The molecular formula is C15H22FN3O. The predicted octanol–water partition coefficient (Wildman–Crippen LogP) is 2.76. The van der Waals surface area contributed by atoms with Crippen molar-refractivity contribution in [3.63, 3.8) is 0 Å². The van der Waals surface area contributed by atoms with E-state index in [9.17, 15) is 9.18 Å². The summed E-state index contributed by atoms with van der Waals surface area (Å²) in [5.74, 6) is -0.216. The number of carbonyl (C=O) groups excluding carboxylic acids is 1. The second-order valence-corrected chi connectivity index (χ2v) is 5.60. The minimum atomic E-state index is -0.551. The van der Waals surface area contributed by atoms with E-state index in [2.05, 4.69) is 17.6 Å². The van der Waals surface area contributed by atoms with Crippen molar-refractivity contribution in [2.24, 2.45) is 5.92 Å². The van der Waals surface area contributed by atoms with E-state index in [1.54, 1.807) is 7.05 Å². The Bertz CT molecular complexity index is 496. The SMILES string of the molecule is CNc1cc(F)c(C(=O)NC2CCC(C)CC2)cc1N. The second kappa shape index (κ2) is 6.11. The predicted molar refractivity (Wildman–Crippen MR) is 79.2 cm³/mol. The van der Waals surface area contributed by atoms with Gasteiger partial charge < -0.3 is 16.4 Å². The van der Waals surface area contributed by atoms with Crippen LogP contribution in [0.5, 0.6) is 0 Å². The molecule has 1 aliphatic rings. The highest BCUT2D eigenvalue weighted by Crippen LogP contribution is 2.25. The number of nitrogen functional groups attached to an aromatic ring is 1. The summed E-state index contributed by atoms with van der Waals surface area (Å²) < 4.78 is 13.9. The Hall–Kier alpha value is -1.78. The molecule has 0 bridgehead atoms. The van der Waals surface area contributed by atoms with Gasteiger partial charge in [0.05, 0.1) is 16.9 Å². The van der Waals surface area contributed by atoms with E-state index in [0.717, 1.165) is 25.7 Å². The molecule has 0 aliphatic heterocycles. The molecule has 5 heteroatoms. The second-order valence-electron chi connectivity index (χ2n) is 5.60. The van der Waals surface area contributed by atoms with Gasteiger partial charge in [0.15, 0.2) is 0 Å². The van der Waals surface area contributed by atoms with Crippen molar-refractivity contribution in [2.75, 3.05) is 18.1 Å². The third-order valence-corrected chi connectivity index (χ3v) is 4.00. The molecular weight excluding hydrogens is 257 g/mol. The Kier molecular flexibility index (Phi) is 4.47. The number of hydrogen-bond donors (Lipinski definition) is 3. The summed E-state index contributed by atoms with van der Waals surface area (Å²) in [4.78, 5) is 12.1. The van der Waals surface area contributed by atoms with Crippen LogP contribution in [-0.4, -0.2) is 19.0 Å². The van der Waals surface area contributed by atoms with Crippen LogP contribution in [0.25, 0.3) is 0 Å². The highest BCUT2D eigenvalue weighted by atomic mass is 19.1. The molecule has 2 rings (SSSR count). The lowest BCUT2D eigenvalue weighted by molar-refractivity contribution is 0.0919. The van der Waals surface area contributed by atoms with Gasteiger partial charge in [-0.25, -0.2) is 4.39 Å². The fraction of sp³-hybridized carbons (Fsp3) is 0.533. The third kappa shape index (κ3) is 3.21. The number of halogens is 1. The Morgan fingerprint density at radius 1 is 1.30 bits per heavy atom. The molecule has 1 aromatic carbocycles. The number of hydrogen-bond acceptors (Lipinski definition) is 3. The van der Waals surface area contributed by atoms with Crippen LogP contribution in [0.3, 0.4) is 0 Å². The first kappa shape index (κ1) is 14.6. The van der Waals surface area contributed by atoms with Crippen molar-refractivity contribution in [1.29, 1.82) is 0 Å². The maximum Gasteiger partial charge on any atom is 0.254 e. The van der Waals surface area contributed by atoms with Gasteiger partial charge in [0.2, 0.25) is 0 Å². The van der Waals surface area contributed by atoms with Gasteiger partial charge >= 0.3 is 0 Å². The molecule has 0 aromatic heterocycles. The number of rotatable bonds is 3. The topological polar surface area (TPSA) is 67.2 Å². The van der Waals surface area contributed by atoms with Gasteiger partial charge in [-0.3, -0.25) is 4.79 Å². The quantitative estimate of drug-likeness (QED) is 0.745. The average Bonchev–Trinajstić information content (AvgIpc) is 2.43. The van der Waals surface area contributed by atoms with Crippen molar-refractivity contribution in [3.05, 3.63) is 23.5 Å². The normalized spacial score (nSPS) is 22.4. The van der Waals surface area contributed by atoms with E-state index in [4.69, 9.17) is 5.73 Å². The molecule has 4 nitrogen and oxygen atoms in total. The number of amides is 1. The van der Waals surface area contributed by atoms with Gasteiger partial charge in [-0.2, -0.15) is 0 Å². The summed E-state index contributed by atoms with van der Waals surface area (Å²) >= 11 is 0. The Balaban J connectivity index is 2.07. The zero-order chi connectivity index (χ0) is 14.7. The van der Waals surface area contributed by atoms with Crippen LogP contribution in [-0.2, 0) is 0 Å². The van der Waals surface area contributed by atoms with Crippen molar-refractivity contribution in [3.8, 4) is 0 Å². The number of carbonyl (C=O) groups is 1. The molecule has 0 heterocycles. The molecule has 4 N–H and O–H groups in total. The third-order valence-electron chi connectivity index (χ3n) is 4.00. The van der Waals surface area contributed by atoms with E-state index in [1.165, 1.54) is 12.1 Å². The number of benzene rings is 1. The lowest BCUT2D eigenvalue weighted by Crippen LogP contribution is -2.37. The molecule has 0 atom stereocenters. The molecule has 1 saturated carbocycles. The first-order chi connectivity index (χ1) is 9.51. The lowest BCUT2D eigenvalue weighted by Gasteiger charge is -2.27. The van der Waals surface area contributed by atoms with E-state index in [0.29, 0.717) is 17.3 Å². The van der Waals surface area contributed by atoms with Crippen molar-refractivity contribution in [1.82, 2.24) is 5.32 Å². The van der Waals surface area contributed by atoms with Crippen LogP contribution in [0.4, 0.5) is 15.8 Å². The summed E-state index contributed by atoms with van der Waals surface area (Å²) in [6, 6.07) is 2.79. The molecule has 0 saturated heterocycles. The fourth-order valence-corrected chi connectivity index (χ4v) is 2.65. The van der Waals surface area contributed by atoms with Crippen LogP contribution >= 0.6 is 0 Å².